The van der Waals surface area contributed by atoms with Crippen LogP contribution in [0.5, 0.6) is 0 Å². The topological polar surface area (TPSA) is 76.2 Å². The van der Waals surface area contributed by atoms with Crippen molar-refractivity contribution in [1.82, 2.24) is 9.80 Å². The maximum atomic E-state index is 13.2. The summed E-state index contributed by atoms with van der Waals surface area (Å²) in [6.45, 7) is 5.61. The van der Waals surface area contributed by atoms with E-state index in [1.165, 1.54) is 4.90 Å². The average molecular weight is 383 g/mol. The van der Waals surface area contributed by atoms with Crippen molar-refractivity contribution in [3.8, 4) is 0 Å². The molecule has 2 amide bonds. The molecule has 2 atom stereocenters. The minimum absolute atomic E-state index is 0.141. The zero-order valence-electron chi connectivity index (χ0n) is 16.8. The van der Waals surface area contributed by atoms with Crippen molar-refractivity contribution >= 4 is 18.0 Å². The number of amides is 2. The van der Waals surface area contributed by atoms with Crippen molar-refractivity contribution < 1.29 is 23.9 Å². The van der Waals surface area contributed by atoms with Gasteiger partial charge in [0.15, 0.2) is 0 Å². The number of hydrogen-bond donors (Lipinski definition) is 0. The van der Waals surface area contributed by atoms with E-state index in [-0.39, 0.29) is 18.5 Å². The van der Waals surface area contributed by atoms with Gasteiger partial charge in [-0.15, -0.1) is 0 Å². The Morgan fingerprint density at radius 1 is 0.852 bits per heavy atom. The molecule has 2 fully saturated rings. The number of hydrogen-bond acceptors (Lipinski definition) is 5. The molecular weight excluding hydrogens is 348 g/mol. The predicted molar refractivity (Wildman–Crippen MR) is 101 cm³/mol. The van der Waals surface area contributed by atoms with E-state index in [4.69, 9.17) is 9.47 Å². The van der Waals surface area contributed by atoms with E-state index < -0.39 is 18.2 Å². The van der Waals surface area contributed by atoms with Gasteiger partial charge >= 0.3 is 12.1 Å². The third kappa shape index (κ3) is 5.84. The quantitative estimate of drug-likeness (QED) is 0.499. The normalized spacial score (nSPS) is 23.0. The van der Waals surface area contributed by atoms with Gasteiger partial charge in [-0.1, -0.05) is 19.8 Å². The highest BCUT2D eigenvalue weighted by Gasteiger charge is 2.40. The van der Waals surface area contributed by atoms with E-state index in [0.29, 0.717) is 32.5 Å². The van der Waals surface area contributed by atoms with Crippen molar-refractivity contribution in [1.29, 1.82) is 0 Å². The number of likely N-dealkylation sites (tertiary alicyclic amines) is 2. The van der Waals surface area contributed by atoms with Crippen LogP contribution < -0.4 is 0 Å². The lowest BCUT2D eigenvalue weighted by atomic mass is 9.97. The molecule has 7 nitrogen and oxygen atoms in total. The fourth-order valence-corrected chi connectivity index (χ4v) is 3.87. The van der Waals surface area contributed by atoms with Gasteiger partial charge < -0.3 is 14.4 Å². The van der Waals surface area contributed by atoms with Crippen LogP contribution in [-0.4, -0.2) is 66.2 Å². The van der Waals surface area contributed by atoms with E-state index in [2.05, 4.69) is 6.92 Å². The van der Waals surface area contributed by atoms with Gasteiger partial charge in [0.2, 0.25) is 5.91 Å². The van der Waals surface area contributed by atoms with Crippen LogP contribution >= 0.6 is 0 Å². The molecule has 2 unspecified atom stereocenters. The number of piperidine rings is 2. The summed E-state index contributed by atoms with van der Waals surface area (Å²) >= 11 is 0. The van der Waals surface area contributed by atoms with Gasteiger partial charge in [-0.25, -0.2) is 9.59 Å². The maximum Gasteiger partial charge on any atom is 0.410 e. The van der Waals surface area contributed by atoms with E-state index in [1.807, 2.05) is 0 Å². The van der Waals surface area contributed by atoms with Crippen LogP contribution in [0.2, 0.25) is 0 Å². The fraction of sp³-hybridized carbons (Fsp3) is 0.850. The predicted octanol–water partition coefficient (Wildman–Crippen LogP) is 3.11. The second-order valence-corrected chi connectivity index (χ2v) is 7.32. The van der Waals surface area contributed by atoms with Crippen molar-refractivity contribution in [2.24, 2.45) is 0 Å². The first-order chi connectivity index (χ1) is 13.1. The van der Waals surface area contributed by atoms with Crippen LogP contribution in [0.4, 0.5) is 4.79 Å². The van der Waals surface area contributed by atoms with E-state index in [0.717, 1.165) is 44.9 Å². The Balaban J connectivity index is 2.03. The highest BCUT2D eigenvalue weighted by atomic mass is 16.6. The molecule has 0 aromatic carbocycles. The van der Waals surface area contributed by atoms with Crippen LogP contribution in [0.15, 0.2) is 0 Å². The van der Waals surface area contributed by atoms with Crippen molar-refractivity contribution in [3.63, 3.8) is 0 Å². The lowest BCUT2D eigenvalue weighted by molar-refractivity contribution is -0.159. The summed E-state index contributed by atoms with van der Waals surface area (Å²) in [5.74, 6) is -0.449. The summed E-state index contributed by atoms with van der Waals surface area (Å²) in [7, 11) is 0. The molecule has 2 aliphatic heterocycles. The summed E-state index contributed by atoms with van der Waals surface area (Å²) in [5.41, 5.74) is 0. The lowest BCUT2D eigenvalue weighted by Crippen LogP contribution is -2.58. The van der Waals surface area contributed by atoms with E-state index >= 15 is 0 Å². The van der Waals surface area contributed by atoms with Crippen LogP contribution in [0.25, 0.3) is 0 Å². The molecule has 0 bridgehead atoms. The van der Waals surface area contributed by atoms with Crippen molar-refractivity contribution in [3.05, 3.63) is 0 Å². The molecule has 0 radical (unpaired) electrons. The molecule has 2 rings (SSSR count). The largest absolute Gasteiger partial charge is 0.464 e. The SMILES string of the molecule is CCCCCOC(=O)C1CCCCN1C(=O)C1CCCCN1C(=O)OCC. The Morgan fingerprint density at radius 3 is 2.19 bits per heavy atom. The van der Waals surface area contributed by atoms with Crippen LogP contribution in [0.1, 0.15) is 71.6 Å². The van der Waals surface area contributed by atoms with Crippen molar-refractivity contribution in [2.75, 3.05) is 26.3 Å². The Bertz CT molecular complexity index is 511. The first-order valence-electron chi connectivity index (χ1n) is 10.5. The number of ether oxygens (including phenoxy) is 2. The zero-order chi connectivity index (χ0) is 19.6. The molecule has 2 saturated heterocycles. The Kier molecular flexibility index (Phi) is 8.88. The number of carbonyl (C=O) groups excluding carboxylic acids is 3. The standard InChI is InChI=1S/C20H34N2O5/c1-3-5-10-15-27-19(24)17-12-7-8-13-21(17)18(23)16-11-6-9-14-22(16)20(25)26-4-2/h16-17H,3-15H2,1-2H3. The fourth-order valence-electron chi connectivity index (χ4n) is 3.87. The van der Waals surface area contributed by atoms with Crippen LogP contribution in [0.3, 0.4) is 0 Å². The summed E-state index contributed by atoms with van der Waals surface area (Å²) in [5, 5.41) is 0. The Labute approximate surface area is 162 Å². The Hall–Kier alpha value is -1.79. The van der Waals surface area contributed by atoms with Crippen LogP contribution in [-0.2, 0) is 19.1 Å². The third-order valence-electron chi connectivity index (χ3n) is 5.34. The Morgan fingerprint density at radius 2 is 1.52 bits per heavy atom. The van der Waals surface area contributed by atoms with Gasteiger partial charge in [0.05, 0.1) is 13.2 Å². The van der Waals surface area contributed by atoms with E-state index in [9.17, 15) is 14.4 Å². The molecule has 2 aliphatic rings. The summed E-state index contributed by atoms with van der Waals surface area (Å²) in [6.07, 6.45) is 7.29. The third-order valence-corrected chi connectivity index (χ3v) is 5.34. The number of nitrogens with zero attached hydrogens (tertiary/aromatic N) is 2. The molecule has 27 heavy (non-hydrogen) atoms. The summed E-state index contributed by atoms with van der Waals surface area (Å²) < 4.78 is 10.6. The maximum absolute atomic E-state index is 13.2. The first kappa shape index (κ1) is 21.5. The second kappa shape index (κ2) is 11.1. The molecule has 0 aliphatic carbocycles. The first-order valence-corrected chi connectivity index (χ1v) is 10.5. The minimum Gasteiger partial charge on any atom is -0.464 e. The lowest BCUT2D eigenvalue weighted by Gasteiger charge is -2.40. The molecule has 0 aromatic heterocycles. The van der Waals surface area contributed by atoms with E-state index in [1.54, 1.807) is 11.8 Å². The summed E-state index contributed by atoms with van der Waals surface area (Å²) in [4.78, 5) is 41.2. The number of rotatable bonds is 7. The van der Waals surface area contributed by atoms with Crippen LogP contribution in [0, 0.1) is 0 Å². The van der Waals surface area contributed by atoms with Gasteiger partial charge in [-0.2, -0.15) is 0 Å². The zero-order valence-corrected chi connectivity index (χ0v) is 16.8. The average Bonchev–Trinajstić information content (AvgIpc) is 2.70. The molecule has 0 spiro atoms. The monoisotopic (exact) mass is 382 g/mol. The smallest absolute Gasteiger partial charge is 0.410 e. The molecule has 0 N–H and O–H groups in total. The molecule has 0 saturated carbocycles. The molecule has 154 valence electrons. The van der Waals surface area contributed by atoms with Gasteiger partial charge in [0.1, 0.15) is 12.1 Å². The second-order valence-electron chi connectivity index (χ2n) is 7.32. The number of unbranched alkanes of at least 4 members (excludes halogenated alkanes) is 2. The molecular formula is C20H34N2O5. The highest BCUT2D eigenvalue weighted by Crippen LogP contribution is 2.25. The molecule has 0 aromatic rings. The number of carbonyl (C=O) groups is 3. The van der Waals surface area contributed by atoms with Gasteiger partial charge in [-0.3, -0.25) is 9.69 Å². The molecule has 2 heterocycles. The summed E-state index contributed by atoms with van der Waals surface area (Å²) in [6, 6.07) is -1.06. The minimum atomic E-state index is -0.536. The highest BCUT2D eigenvalue weighted by molar-refractivity contribution is 5.90. The van der Waals surface area contributed by atoms with Crippen molar-refractivity contribution in [2.45, 2.75) is 83.7 Å². The van der Waals surface area contributed by atoms with Gasteiger partial charge in [0.25, 0.3) is 0 Å². The molecule has 7 heteroatoms. The van der Waals surface area contributed by atoms with Gasteiger partial charge in [0, 0.05) is 13.1 Å². The number of esters is 1. The van der Waals surface area contributed by atoms with Gasteiger partial charge in [-0.05, 0) is 51.9 Å².